The normalized spacial score (nSPS) is 21.1. The molecule has 0 saturated carbocycles. The molecule has 7 nitrogen and oxygen atoms in total. The first-order valence-electron chi connectivity index (χ1n) is 11.4. The van der Waals surface area contributed by atoms with E-state index in [0.717, 1.165) is 51.8 Å². The SMILES string of the molecule is C[C@H]1CN(c2ncc(NS(C)(=O)=O)cc2Cl)CCN1C1CCN(Cc2ccc(Cl)cc2F)CC1. The van der Waals surface area contributed by atoms with Gasteiger partial charge in [0.1, 0.15) is 11.6 Å². The lowest BCUT2D eigenvalue weighted by molar-refractivity contribution is 0.0687. The van der Waals surface area contributed by atoms with E-state index in [2.05, 4.69) is 31.3 Å². The van der Waals surface area contributed by atoms with Crippen LogP contribution in [-0.2, 0) is 16.6 Å². The van der Waals surface area contributed by atoms with E-state index in [1.54, 1.807) is 18.2 Å². The van der Waals surface area contributed by atoms with Crippen LogP contribution in [0.4, 0.5) is 15.9 Å². The van der Waals surface area contributed by atoms with Crippen molar-refractivity contribution < 1.29 is 12.8 Å². The van der Waals surface area contributed by atoms with Gasteiger partial charge in [0.15, 0.2) is 0 Å². The third-order valence-electron chi connectivity index (χ3n) is 6.54. The molecule has 2 saturated heterocycles. The number of pyridine rings is 1. The summed E-state index contributed by atoms with van der Waals surface area (Å²) in [6, 6.07) is 7.31. The number of hydrogen-bond acceptors (Lipinski definition) is 6. The van der Waals surface area contributed by atoms with E-state index in [9.17, 15) is 12.8 Å². The molecule has 2 aromatic rings. The fraction of sp³-hybridized carbons (Fsp3) is 0.522. The number of nitrogens with zero attached hydrogens (tertiary/aromatic N) is 4. The van der Waals surface area contributed by atoms with Gasteiger partial charge < -0.3 is 4.90 Å². The molecule has 1 atom stereocenters. The van der Waals surface area contributed by atoms with Crippen LogP contribution in [-0.4, -0.2) is 74.3 Å². The van der Waals surface area contributed by atoms with Crippen LogP contribution in [0.3, 0.4) is 0 Å². The number of likely N-dealkylation sites (tertiary alicyclic amines) is 1. The van der Waals surface area contributed by atoms with E-state index >= 15 is 0 Å². The van der Waals surface area contributed by atoms with Crippen LogP contribution in [0, 0.1) is 5.82 Å². The van der Waals surface area contributed by atoms with Gasteiger partial charge in [0.2, 0.25) is 10.0 Å². The van der Waals surface area contributed by atoms with Gasteiger partial charge in [-0.25, -0.2) is 17.8 Å². The standard InChI is InChI=1S/C23H30Cl2FN5O2S/c1-16-14-30(23-21(25)12-19(13-27-23)28-34(2,32)33)9-10-31(16)20-5-7-29(8-6-20)15-17-3-4-18(24)11-22(17)26/h3-4,11-13,16,20,28H,5-10,14-15H2,1-2H3/t16-/m0/s1. The van der Waals surface area contributed by atoms with Gasteiger partial charge in [0, 0.05) is 48.8 Å². The Morgan fingerprint density at radius 1 is 1.15 bits per heavy atom. The topological polar surface area (TPSA) is 68.8 Å². The van der Waals surface area contributed by atoms with Crippen molar-refractivity contribution in [2.75, 3.05) is 48.6 Å². The molecule has 1 N–H and O–H groups in total. The van der Waals surface area contributed by atoms with Crippen molar-refractivity contribution in [3.05, 3.63) is 51.9 Å². The number of aromatic nitrogens is 1. The van der Waals surface area contributed by atoms with Gasteiger partial charge in [0.25, 0.3) is 0 Å². The number of sulfonamides is 1. The number of rotatable bonds is 6. The second-order valence-corrected chi connectivity index (χ2v) is 11.8. The smallest absolute Gasteiger partial charge is 0.229 e. The van der Waals surface area contributed by atoms with Crippen molar-refractivity contribution in [3.63, 3.8) is 0 Å². The zero-order chi connectivity index (χ0) is 24.5. The van der Waals surface area contributed by atoms with Crippen molar-refractivity contribution in [2.45, 2.75) is 38.4 Å². The van der Waals surface area contributed by atoms with Gasteiger partial charge in [-0.2, -0.15) is 0 Å². The largest absolute Gasteiger partial charge is 0.353 e. The fourth-order valence-electron chi connectivity index (χ4n) is 4.94. The van der Waals surface area contributed by atoms with Crippen LogP contribution in [0.1, 0.15) is 25.3 Å². The Morgan fingerprint density at radius 3 is 2.50 bits per heavy atom. The van der Waals surface area contributed by atoms with E-state index in [-0.39, 0.29) is 5.82 Å². The van der Waals surface area contributed by atoms with Crippen molar-refractivity contribution in [3.8, 4) is 0 Å². The fourth-order valence-corrected chi connectivity index (χ4v) is 5.92. The maximum absolute atomic E-state index is 14.2. The van der Waals surface area contributed by atoms with Crippen LogP contribution in [0.2, 0.25) is 10.0 Å². The molecular weight excluding hydrogens is 500 g/mol. The van der Waals surface area contributed by atoms with Crippen LogP contribution in [0.25, 0.3) is 0 Å². The molecule has 11 heteroatoms. The summed E-state index contributed by atoms with van der Waals surface area (Å²) in [5.41, 5.74) is 1.04. The molecule has 34 heavy (non-hydrogen) atoms. The molecule has 3 heterocycles. The maximum atomic E-state index is 14.2. The Morgan fingerprint density at radius 2 is 1.88 bits per heavy atom. The molecule has 0 bridgehead atoms. The third kappa shape index (κ3) is 6.31. The van der Waals surface area contributed by atoms with Crippen molar-refractivity contribution in [1.29, 1.82) is 0 Å². The van der Waals surface area contributed by atoms with Gasteiger partial charge in [-0.05, 0) is 51.1 Å². The summed E-state index contributed by atoms with van der Waals surface area (Å²) in [7, 11) is -3.38. The molecule has 1 aromatic carbocycles. The van der Waals surface area contributed by atoms with Crippen molar-refractivity contribution in [1.82, 2.24) is 14.8 Å². The van der Waals surface area contributed by atoms with E-state index in [0.29, 0.717) is 45.7 Å². The van der Waals surface area contributed by atoms with Gasteiger partial charge in [-0.1, -0.05) is 29.3 Å². The zero-order valence-corrected chi connectivity index (χ0v) is 21.7. The molecule has 186 valence electrons. The van der Waals surface area contributed by atoms with E-state index in [4.69, 9.17) is 23.2 Å². The number of nitrogens with one attached hydrogen (secondary N) is 1. The first-order chi connectivity index (χ1) is 16.1. The summed E-state index contributed by atoms with van der Waals surface area (Å²) in [6.45, 7) is 7.18. The predicted octanol–water partition coefficient (Wildman–Crippen LogP) is 4.07. The molecule has 0 amide bonds. The highest BCUT2D eigenvalue weighted by Gasteiger charge is 2.32. The molecule has 4 rings (SSSR count). The zero-order valence-electron chi connectivity index (χ0n) is 19.3. The Kier molecular flexibility index (Phi) is 7.89. The van der Waals surface area contributed by atoms with Crippen molar-refractivity contribution in [2.24, 2.45) is 0 Å². The Bertz CT molecular complexity index is 1130. The average Bonchev–Trinajstić information content (AvgIpc) is 2.75. The summed E-state index contributed by atoms with van der Waals surface area (Å²) in [6.07, 6.45) is 4.68. The molecule has 2 aliphatic rings. The monoisotopic (exact) mass is 529 g/mol. The van der Waals surface area contributed by atoms with Crippen LogP contribution in [0.5, 0.6) is 0 Å². The number of piperidine rings is 1. The number of hydrogen-bond donors (Lipinski definition) is 1. The molecule has 2 aliphatic heterocycles. The molecule has 0 aliphatic carbocycles. The Balaban J connectivity index is 1.31. The highest BCUT2D eigenvalue weighted by Crippen LogP contribution is 2.30. The van der Waals surface area contributed by atoms with Crippen LogP contribution >= 0.6 is 23.2 Å². The quantitative estimate of drug-likeness (QED) is 0.608. The minimum Gasteiger partial charge on any atom is -0.353 e. The number of halogens is 3. The van der Waals surface area contributed by atoms with E-state index in [1.807, 2.05) is 0 Å². The van der Waals surface area contributed by atoms with Crippen LogP contribution < -0.4 is 9.62 Å². The molecule has 1 aromatic heterocycles. The van der Waals surface area contributed by atoms with Gasteiger partial charge in [-0.15, -0.1) is 0 Å². The Labute approximate surface area is 210 Å². The summed E-state index contributed by atoms with van der Waals surface area (Å²) in [4.78, 5) is 11.4. The third-order valence-corrected chi connectivity index (χ3v) is 7.66. The maximum Gasteiger partial charge on any atom is 0.229 e. The molecule has 0 unspecified atom stereocenters. The van der Waals surface area contributed by atoms with Gasteiger partial charge in [0.05, 0.1) is 23.2 Å². The summed E-state index contributed by atoms with van der Waals surface area (Å²) < 4.78 is 39.4. The first kappa shape index (κ1) is 25.4. The second-order valence-electron chi connectivity index (χ2n) is 9.18. The molecule has 0 radical (unpaired) electrons. The number of piperazine rings is 1. The first-order valence-corrected chi connectivity index (χ1v) is 14.0. The number of benzene rings is 1. The lowest BCUT2D eigenvalue weighted by Gasteiger charge is -2.47. The number of anilines is 2. The van der Waals surface area contributed by atoms with E-state index in [1.165, 1.54) is 12.3 Å². The lowest BCUT2D eigenvalue weighted by Crippen LogP contribution is -2.57. The van der Waals surface area contributed by atoms with Crippen molar-refractivity contribution >= 4 is 44.7 Å². The average molecular weight is 530 g/mol. The van der Waals surface area contributed by atoms with E-state index < -0.39 is 10.0 Å². The minimum atomic E-state index is -3.38. The van der Waals surface area contributed by atoms with Gasteiger partial charge in [-0.3, -0.25) is 14.5 Å². The second kappa shape index (κ2) is 10.5. The highest BCUT2D eigenvalue weighted by molar-refractivity contribution is 7.92. The predicted molar refractivity (Wildman–Crippen MR) is 136 cm³/mol. The molecule has 0 spiro atoms. The summed E-state index contributed by atoms with van der Waals surface area (Å²) >= 11 is 12.3. The lowest BCUT2D eigenvalue weighted by atomic mass is 9.99. The highest BCUT2D eigenvalue weighted by atomic mass is 35.5. The minimum absolute atomic E-state index is 0.244. The molecular formula is C23H30Cl2FN5O2S. The van der Waals surface area contributed by atoms with Crippen LogP contribution in [0.15, 0.2) is 30.5 Å². The molecule has 2 fully saturated rings. The summed E-state index contributed by atoms with van der Waals surface area (Å²) in [5.74, 6) is 0.429. The van der Waals surface area contributed by atoms with Gasteiger partial charge >= 0.3 is 0 Å². The Hall–Kier alpha value is -1.65. The summed E-state index contributed by atoms with van der Waals surface area (Å²) in [5, 5.41) is 0.850.